The van der Waals surface area contributed by atoms with E-state index in [9.17, 15) is 4.21 Å². The molecule has 0 radical (unpaired) electrons. The van der Waals surface area contributed by atoms with E-state index in [1.165, 1.54) is 0 Å². The van der Waals surface area contributed by atoms with Gasteiger partial charge in [0.2, 0.25) is 0 Å². The van der Waals surface area contributed by atoms with Crippen molar-refractivity contribution in [3.05, 3.63) is 54.1 Å². The summed E-state index contributed by atoms with van der Waals surface area (Å²) in [5.41, 5.74) is 1.16. The van der Waals surface area contributed by atoms with Gasteiger partial charge >= 0.3 is 0 Å². The van der Waals surface area contributed by atoms with Gasteiger partial charge in [-0.2, -0.15) is 0 Å². The number of nitrogens with one attached hydrogen (secondary N) is 1. The smallest absolute Gasteiger partial charge is 0.193 e. The molecule has 0 aromatic heterocycles. The van der Waals surface area contributed by atoms with E-state index in [1.54, 1.807) is 21.3 Å². The number of rotatable bonds is 9. The number of nitrogens with zero attached hydrogens (tertiary/aromatic N) is 2. The van der Waals surface area contributed by atoms with Gasteiger partial charge in [0.05, 0.1) is 25.0 Å². The minimum absolute atomic E-state index is 0.534. The summed E-state index contributed by atoms with van der Waals surface area (Å²) in [7, 11) is 5.99. The van der Waals surface area contributed by atoms with Gasteiger partial charge in [0.25, 0.3) is 0 Å². The maximum absolute atomic E-state index is 12.3. The quantitative estimate of drug-likeness (QED) is 0.515. The van der Waals surface area contributed by atoms with E-state index in [0.717, 1.165) is 40.9 Å². The lowest BCUT2D eigenvalue weighted by Gasteiger charge is -2.22. The Kier molecular flexibility index (Phi) is 8.81. The van der Waals surface area contributed by atoms with Crippen molar-refractivity contribution in [2.24, 2.45) is 4.99 Å². The van der Waals surface area contributed by atoms with Crippen LogP contribution in [-0.2, 0) is 17.2 Å². The fraction of sp³-hybridized carbons (Fsp3) is 0.381. The molecule has 7 heteroatoms. The SMILES string of the molecule is CN=C(NCCS(=O)c1ccccc1)N(C)CCc1ccc(OC)c(OC)c1. The highest BCUT2D eigenvalue weighted by Gasteiger charge is 2.09. The number of methoxy groups -OCH3 is 2. The minimum Gasteiger partial charge on any atom is -0.493 e. The van der Waals surface area contributed by atoms with Crippen LogP contribution in [0.25, 0.3) is 0 Å². The largest absolute Gasteiger partial charge is 0.493 e. The van der Waals surface area contributed by atoms with Crippen LogP contribution in [-0.4, -0.2) is 62.2 Å². The van der Waals surface area contributed by atoms with Crippen LogP contribution in [0.2, 0.25) is 0 Å². The third kappa shape index (κ3) is 6.27. The van der Waals surface area contributed by atoms with Crippen molar-refractivity contribution in [2.75, 3.05) is 47.2 Å². The highest BCUT2D eigenvalue weighted by molar-refractivity contribution is 7.85. The van der Waals surface area contributed by atoms with Crippen LogP contribution in [0.3, 0.4) is 0 Å². The van der Waals surface area contributed by atoms with E-state index < -0.39 is 10.8 Å². The second-order valence-corrected chi connectivity index (χ2v) is 7.77. The molecule has 28 heavy (non-hydrogen) atoms. The Morgan fingerprint density at radius 2 is 1.82 bits per heavy atom. The van der Waals surface area contributed by atoms with E-state index >= 15 is 0 Å². The highest BCUT2D eigenvalue weighted by Crippen LogP contribution is 2.27. The summed E-state index contributed by atoms with van der Waals surface area (Å²) in [6.45, 7) is 1.38. The summed E-state index contributed by atoms with van der Waals surface area (Å²) in [4.78, 5) is 7.22. The first kappa shape index (κ1) is 21.8. The van der Waals surface area contributed by atoms with Crippen molar-refractivity contribution in [3.8, 4) is 11.5 Å². The number of benzene rings is 2. The molecule has 2 rings (SSSR count). The lowest BCUT2D eigenvalue weighted by atomic mass is 10.1. The lowest BCUT2D eigenvalue weighted by molar-refractivity contribution is 0.354. The number of aliphatic imine (C=N–C) groups is 1. The molecule has 1 atom stereocenters. The monoisotopic (exact) mass is 403 g/mol. The molecular weight excluding hydrogens is 374 g/mol. The maximum atomic E-state index is 12.3. The van der Waals surface area contributed by atoms with Crippen molar-refractivity contribution in [1.29, 1.82) is 0 Å². The van der Waals surface area contributed by atoms with E-state index in [2.05, 4.69) is 15.2 Å². The molecule has 0 amide bonds. The van der Waals surface area contributed by atoms with Crippen molar-refractivity contribution in [1.82, 2.24) is 10.2 Å². The zero-order valence-corrected chi connectivity index (χ0v) is 17.8. The fourth-order valence-electron chi connectivity index (χ4n) is 2.77. The molecule has 0 bridgehead atoms. The molecule has 152 valence electrons. The van der Waals surface area contributed by atoms with Gasteiger partial charge in [-0.3, -0.25) is 9.20 Å². The van der Waals surface area contributed by atoms with Gasteiger partial charge < -0.3 is 19.7 Å². The van der Waals surface area contributed by atoms with Gasteiger partial charge in [-0.05, 0) is 36.2 Å². The second kappa shape index (κ2) is 11.3. The van der Waals surface area contributed by atoms with Crippen LogP contribution in [0.4, 0.5) is 0 Å². The average molecular weight is 404 g/mol. The van der Waals surface area contributed by atoms with Crippen molar-refractivity contribution in [2.45, 2.75) is 11.3 Å². The summed E-state index contributed by atoms with van der Waals surface area (Å²) in [6.07, 6.45) is 0.841. The maximum Gasteiger partial charge on any atom is 0.193 e. The van der Waals surface area contributed by atoms with Gasteiger partial charge in [0, 0.05) is 37.8 Å². The molecule has 2 aromatic rings. The Balaban J connectivity index is 1.83. The predicted octanol–water partition coefficient (Wildman–Crippen LogP) is 2.56. The first-order chi connectivity index (χ1) is 13.6. The Labute approximate surface area is 170 Å². The Hall–Kier alpha value is -2.54. The molecule has 1 N–H and O–H groups in total. The van der Waals surface area contributed by atoms with Crippen LogP contribution in [0, 0.1) is 0 Å². The molecule has 0 aliphatic heterocycles. The van der Waals surface area contributed by atoms with Crippen molar-refractivity contribution >= 4 is 16.8 Å². The van der Waals surface area contributed by atoms with Crippen molar-refractivity contribution < 1.29 is 13.7 Å². The van der Waals surface area contributed by atoms with E-state index in [-0.39, 0.29) is 0 Å². The molecule has 0 aliphatic rings. The van der Waals surface area contributed by atoms with Gasteiger partial charge in [-0.15, -0.1) is 0 Å². The summed E-state index contributed by atoms with van der Waals surface area (Å²) >= 11 is 0. The Morgan fingerprint density at radius 3 is 2.46 bits per heavy atom. The predicted molar refractivity (Wildman–Crippen MR) is 115 cm³/mol. The molecular formula is C21H29N3O3S. The third-order valence-corrected chi connectivity index (χ3v) is 5.71. The van der Waals surface area contributed by atoms with Crippen molar-refractivity contribution in [3.63, 3.8) is 0 Å². The van der Waals surface area contributed by atoms with Crippen LogP contribution in [0.1, 0.15) is 5.56 Å². The van der Waals surface area contributed by atoms with E-state index in [1.807, 2.05) is 55.6 Å². The lowest BCUT2D eigenvalue weighted by Crippen LogP contribution is -2.41. The molecule has 1 unspecified atom stereocenters. The third-order valence-electron chi connectivity index (χ3n) is 4.33. The number of guanidine groups is 1. The van der Waals surface area contributed by atoms with Gasteiger partial charge in [-0.1, -0.05) is 24.3 Å². The van der Waals surface area contributed by atoms with Crippen LogP contribution < -0.4 is 14.8 Å². The molecule has 0 fully saturated rings. The normalized spacial score (nSPS) is 12.4. The Bertz CT molecular complexity index is 797. The minimum atomic E-state index is -1.02. The van der Waals surface area contributed by atoms with E-state index in [4.69, 9.17) is 9.47 Å². The standard InChI is InChI=1S/C21H29N3O3S/c1-22-21(23-13-15-28(25)18-8-6-5-7-9-18)24(2)14-12-17-10-11-19(26-3)20(16-17)27-4/h5-11,16H,12-15H2,1-4H3,(H,22,23). The number of ether oxygens (including phenoxy) is 2. The van der Waals surface area contributed by atoms with E-state index in [0.29, 0.717) is 12.3 Å². The summed E-state index contributed by atoms with van der Waals surface area (Å²) in [5.74, 6) is 2.77. The number of hydrogen-bond acceptors (Lipinski definition) is 4. The molecule has 0 heterocycles. The first-order valence-corrected chi connectivity index (χ1v) is 10.5. The number of hydrogen-bond donors (Lipinski definition) is 1. The fourth-order valence-corrected chi connectivity index (χ4v) is 3.75. The van der Waals surface area contributed by atoms with Gasteiger partial charge in [0.1, 0.15) is 0 Å². The summed E-state index contributed by atoms with van der Waals surface area (Å²) in [6, 6.07) is 15.5. The topological polar surface area (TPSA) is 63.2 Å². The molecule has 0 aliphatic carbocycles. The highest BCUT2D eigenvalue weighted by atomic mass is 32.2. The summed E-state index contributed by atoms with van der Waals surface area (Å²) in [5, 5.41) is 3.29. The first-order valence-electron chi connectivity index (χ1n) is 9.15. The van der Waals surface area contributed by atoms with Gasteiger partial charge in [-0.25, -0.2) is 0 Å². The molecule has 0 spiro atoms. The van der Waals surface area contributed by atoms with Crippen LogP contribution >= 0.6 is 0 Å². The molecule has 6 nitrogen and oxygen atoms in total. The van der Waals surface area contributed by atoms with Crippen LogP contribution in [0.15, 0.2) is 58.4 Å². The molecule has 0 saturated heterocycles. The zero-order valence-electron chi connectivity index (χ0n) is 17.0. The Morgan fingerprint density at radius 1 is 1.11 bits per heavy atom. The second-order valence-electron chi connectivity index (χ2n) is 6.20. The van der Waals surface area contributed by atoms with Crippen LogP contribution in [0.5, 0.6) is 11.5 Å². The number of likely N-dealkylation sites (N-methyl/N-ethyl adjacent to an activating group) is 1. The zero-order chi connectivity index (χ0) is 20.4. The van der Waals surface area contributed by atoms with Gasteiger partial charge in [0.15, 0.2) is 17.5 Å². The molecule has 2 aromatic carbocycles. The average Bonchev–Trinajstić information content (AvgIpc) is 2.75. The molecule has 0 saturated carbocycles. The summed E-state index contributed by atoms with van der Waals surface area (Å²) < 4.78 is 22.9.